The lowest BCUT2D eigenvalue weighted by molar-refractivity contribution is -0.139. The number of hydrogen-bond donors (Lipinski definition) is 1. The van der Waals surface area contributed by atoms with Gasteiger partial charge in [-0.1, -0.05) is 29.8 Å². The van der Waals surface area contributed by atoms with Gasteiger partial charge in [-0.2, -0.15) is 0 Å². The first kappa shape index (κ1) is 22.3. The van der Waals surface area contributed by atoms with Gasteiger partial charge in [0, 0.05) is 31.7 Å². The lowest BCUT2D eigenvalue weighted by Crippen LogP contribution is -2.54. The van der Waals surface area contributed by atoms with E-state index in [-0.39, 0.29) is 12.4 Å². The van der Waals surface area contributed by atoms with E-state index in [0.717, 1.165) is 16.7 Å². The second-order valence-electron chi connectivity index (χ2n) is 7.39. The SMILES string of the molecule is COC(=O)Cc1ccc(OC)c(CN2CCNCC2S(=O)(=O)c2ccc(C)cc2)c1. The van der Waals surface area contributed by atoms with Crippen molar-refractivity contribution < 1.29 is 22.7 Å². The molecule has 8 heteroatoms. The number of carbonyl (C=O) groups is 1. The van der Waals surface area contributed by atoms with E-state index in [9.17, 15) is 13.2 Å². The number of rotatable bonds is 7. The van der Waals surface area contributed by atoms with Crippen molar-refractivity contribution in [2.75, 3.05) is 33.9 Å². The van der Waals surface area contributed by atoms with Crippen LogP contribution in [0.2, 0.25) is 0 Å². The maximum absolute atomic E-state index is 13.3. The van der Waals surface area contributed by atoms with E-state index in [1.807, 2.05) is 36.1 Å². The van der Waals surface area contributed by atoms with Gasteiger partial charge in [-0.05, 0) is 30.7 Å². The summed E-state index contributed by atoms with van der Waals surface area (Å²) in [7, 11) is -0.617. The Bertz CT molecular complexity index is 989. The maximum Gasteiger partial charge on any atom is 0.309 e. The summed E-state index contributed by atoms with van der Waals surface area (Å²) in [6, 6.07) is 12.5. The number of ether oxygens (including phenoxy) is 2. The van der Waals surface area contributed by atoms with Crippen LogP contribution in [0.25, 0.3) is 0 Å². The second kappa shape index (κ2) is 9.59. The third-order valence-corrected chi connectivity index (χ3v) is 7.41. The van der Waals surface area contributed by atoms with Crippen molar-refractivity contribution in [1.29, 1.82) is 0 Å². The Kier molecular flexibility index (Phi) is 7.12. The summed E-state index contributed by atoms with van der Waals surface area (Å²) in [4.78, 5) is 13.9. The van der Waals surface area contributed by atoms with Crippen LogP contribution < -0.4 is 10.1 Å². The molecule has 7 nitrogen and oxygen atoms in total. The topological polar surface area (TPSA) is 84.9 Å². The molecular formula is C22H28N2O5S. The molecule has 1 atom stereocenters. The quantitative estimate of drug-likeness (QED) is 0.669. The van der Waals surface area contributed by atoms with Gasteiger partial charge in [-0.15, -0.1) is 0 Å². The number of esters is 1. The molecule has 2 aromatic rings. The number of hydrogen-bond acceptors (Lipinski definition) is 7. The third kappa shape index (κ3) is 5.00. The van der Waals surface area contributed by atoms with Gasteiger partial charge in [0.15, 0.2) is 9.84 Å². The van der Waals surface area contributed by atoms with Crippen LogP contribution in [0.15, 0.2) is 47.4 Å². The number of piperazine rings is 1. The largest absolute Gasteiger partial charge is 0.496 e. The number of methoxy groups -OCH3 is 2. The number of carbonyl (C=O) groups excluding carboxylic acids is 1. The molecule has 0 aliphatic carbocycles. The van der Waals surface area contributed by atoms with Gasteiger partial charge in [0.25, 0.3) is 0 Å². The molecule has 1 heterocycles. The minimum Gasteiger partial charge on any atom is -0.496 e. The van der Waals surface area contributed by atoms with E-state index in [4.69, 9.17) is 9.47 Å². The highest BCUT2D eigenvalue weighted by molar-refractivity contribution is 7.92. The zero-order valence-electron chi connectivity index (χ0n) is 17.6. The molecule has 2 aromatic carbocycles. The molecule has 1 N–H and O–H groups in total. The van der Waals surface area contributed by atoms with E-state index in [2.05, 4.69) is 5.32 Å². The second-order valence-corrected chi connectivity index (χ2v) is 9.49. The van der Waals surface area contributed by atoms with Crippen LogP contribution in [-0.4, -0.2) is 58.5 Å². The van der Waals surface area contributed by atoms with Crippen molar-refractivity contribution in [3.05, 3.63) is 59.2 Å². The minimum atomic E-state index is -3.55. The monoisotopic (exact) mass is 432 g/mol. The van der Waals surface area contributed by atoms with E-state index < -0.39 is 15.2 Å². The standard InChI is InChI=1S/C22H28N2O5S/c1-16-4-7-19(8-5-16)30(26,27)21-14-23-10-11-24(21)15-18-12-17(13-22(25)29-3)6-9-20(18)28-2/h4-9,12,21,23H,10-11,13-15H2,1-3H3. The molecule has 0 amide bonds. The Labute approximate surface area is 177 Å². The van der Waals surface area contributed by atoms with Crippen molar-refractivity contribution in [2.24, 2.45) is 0 Å². The van der Waals surface area contributed by atoms with Gasteiger partial charge < -0.3 is 14.8 Å². The molecule has 1 unspecified atom stereocenters. The van der Waals surface area contributed by atoms with Gasteiger partial charge in [0.1, 0.15) is 11.1 Å². The summed E-state index contributed by atoms with van der Waals surface area (Å²) < 4.78 is 36.9. The lowest BCUT2D eigenvalue weighted by Gasteiger charge is -2.36. The summed E-state index contributed by atoms with van der Waals surface area (Å²) in [5.74, 6) is 0.335. The third-order valence-electron chi connectivity index (χ3n) is 5.30. The van der Waals surface area contributed by atoms with Crippen molar-refractivity contribution in [3.8, 4) is 5.75 Å². The van der Waals surface area contributed by atoms with Gasteiger partial charge in [0.05, 0.1) is 25.5 Å². The molecule has 1 aliphatic heterocycles. The van der Waals surface area contributed by atoms with Crippen LogP contribution in [0.4, 0.5) is 0 Å². The highest BCUT2D eigenvalue weighted by Gasteiger charge is 2.35. The fourth-order valence-electron chi connectivity index (χ4n) is 3.62. The van der Waals surface area contributed by atoms with Crippen LogP contribution >= 0.6 is 0 Å². The highest BCUT2D eigenvalue weighted by atomic mass is 32.2. The van der Waals surface area contributed by atoms with Crippen LogP contribution in [0.1, 0.15) is 16.7 Å². The zero-order chi connectivity index (χ0) is 21.7. The van der Waals surface area contributed by atoms with Gasteiger partial charge in [-0.25, -0.2) is 8.42 Å². The number of benzene rings is 2. The summed E-state index contributed by atoms with van der Waals surface area (Å²) in [6.45, 7) is 3.96. The number of sulfone groups is 1. The molecule has 1 saturated heterocycles. The normalized spacial score (nSPS) is 17.5. The van der Waals surface area contributed by atoms with Crippen LogP contribution in [0.3, 0.4) is 0 Å². The Morgan fingerprint density at radius 3 is 2.57 bits per heavy atom. The van der Waals surface area contributed by atoms with Crippen molar-refractivity contribution in [3.63, 3.8) is 0 Å². The Balaban J connectivity index is 1.89. The lowest BCUT2D eigenvalue weighted by atomic mass is 10.1. The van der Waals surface area contributed by atoms with Gasteiger partial charge in [0.2, 0.25) is 0 Å². The summed E-state index contributed by atoms with van der Waals surface area (Å²) in [5.41, 5.74) is 2.65. The number of aryl methyl sites for hydroxylation is 1. The minimum absolute atomic E-state index is 0.153. The van der Waals surface area contributed by atoms with E-state index in [1.165, 1.54) is 7.11 Å². The van der Waals surface area contributed by atoms with Crippen molar-refractivity contribution >= 4 is 15.8 Å². The fourth-order valence-corrected chi connectivity index (χ4v) is 5.36. The Morgan fingerprint density at radius 1 is 1.17 bits per heavy atom. The molecule has 0 radical (unpaired) electrons. The first-order valence-electron chi connectivity index (χ1n) is 9.83. The van der Waals surface area contributed by atoms with E-state index in [0.29, 0.717) is 36.8 Å². The number of nitrogens with one attached hydrogen (secondary N) is 1. The molecule has 1 fully saturated rings. The molecule has 0 saturated carbocycles. The summed E-state index contributed by atoms with van der Waals surface area (Å²) in [6.07, 6.45) is 0.153. The smallest absolute Gasteiger partial charge is 0.309 e. The molecule has 0 bridgehead atoms. The summed E-state index contributed by atoms with van der Waals surface area (Å²) >= 11 is 0. The number of nitrogens with zero attached hydrogens (tertiary/aromatic N) is 1. The Morgan fingerprint density at radius 2 is 1.90 bits per heavy atom. The maximum atomic E-state index is 13.3. The molecule has 30 heavy (non-hydrogen) atoms. The molecular weight excluding hydrogens is 404 g/mol. The van der Waals surface area contributed by atoms with Gasteiger partial charge in [-0.3, -0.25) is 9.69 Å². The van der Waals surface area contributed by atoms with Crippen LogP contribution in [0, 0.1) is 6.92 Å². The average Bonchev–Trinajstić information content (AvgIpc) is 2.74. The van der Waals surface area contributed by atoms with Gasteiger partial charge >= 0.3 is 5.97 Å². The fraction of sp³-hybridized carbons (Fsp3) is 0.409. The van der Waals surface area contributed by atoms with Crippen LogP contribution in [-0.2, 0) is 32.3 Å². The molecule has 0 spiro atoms. The first-order valence-corrected chi connectivity index (χ1v) is 11.4. The molecule has 0 aromatic heterocycles. The predicted molar refractivity (Wildman–Crippen MR) is 114 cm³/mol. The predicted octanol–water partition coefficient (Wildman–Crippen LogP) is 1.92. The summed E-state index contributed by atoms with van der Waals surface area (Å²) in [5, 5.41) is 2.51. The molecule has 1 aliphatic rings. The van der Waals surface area contributed by atoms with Crippen molar-refractivity contribution in [1.82, 2.24) is 10.2 Å². The zero-order valence-corrected chi connectivity index (χ0v) is 18.4. The molecule has 162 valence electrons. The van der Waals surface area contributed by atoms with Crippen molar-refractivity contribution in [2.45, 2.75) is 30.2 Å². The average molecular weight is 433 g/mol. The molecule has 3 rings (SSSR count). The van der Waals surface area contributed by atoms with Crippen LogP contribution in [0.5, 0.6) is 5.75 Å². The van der Waals surface area contributed by atoms with E-state index >= 15 is 0 Å². The highest BCUT2D eigenvalue weighted by Crippen LogP contribution is 2.27. The Hall–Kier alpha value is -2.42. The first-order chi connectivity index (χ1) is 14.3. The van der Waals surface area contributed by atoms with E-state index in [1.54, 1.807) is 25.3 Å².